The van der Waals surface area contributed by atoms with Gasteiger partial charge in [-0.25, -0.2) is 4.79 Å². The van der Waals surface area contributed by atoms with Gasteiger partial charge in [0.15, 0.2) is 0 Å². The molecule has 0 aliphatic rings. The second kappa shape index (κ2) is 4.75. The van der Waals surface area contributed by atoms with Crippen LogP contribution in [0, 0.1) is 22.0 Å². The van der Waals surface area contributed by atoms with Crippen molar-refractivity contribution in [3.05, 3.63) is 38.3 Å². The van der Waals surface area contributed by atoms with Crippen LogP contribution in [0.2, 0.25) is 0 Å². The van der Waals surface area contributed by atoms with Gasteiger partial charge in [0.25, 0.3) is 0 Å². The largest absolute Gasteiger partial charge is 0.459 e. The molecule has 0 radical (unpaired) electrons. The van der Waals surface area contributed by atoms with Gasteiger partial charge in [0, 0.05) is 23.7 Å². The molecule has 0 aromatic carbocycles. The minimum Gasteiger partial charge on any atom is -0.459 e. The molecule has 0 aliphatic heterocycles. The Kier molecular flexibility index (Phi) is 3.40. The fourth-order valence-electron chi connectivity index (χ4n) is 0.854. The number of nitrogens with zero attached hydrogens (tertiary/aromatic N) is 1. The number of hydrogen-bond acceptors (Lipinski definition) is 5. The zero-order chi connectivity index (χ0) is 12.1. The fraction of sp³-hybridized carbons (Fsp3) is 0.111. The summed E-state index contributed by atoms with van der Waals surface area (Å²) in [6, 6.07) is 0.981. The summed E-state index contributed by atoms with van der Waals surface area (Å²) >= 11 is 0. The highest BCUT2D eigenvalue weighted by Crippen LogP contribution is 2.04. The van der Waals surface area contributed by atoms with Gasteiger partial charge in [0.05, 0.1) is 12.0 Å². The summed E-state index contributed by atoms with van der Waals surface area (Å²) in [5, 5.41) is 10.4. The van der Waals surface area contributed by atoms with E-state index in [1.165, 1.54) is 6.20 Å². The highest BCUT2D eigenvalue weighted by Gasteiger charge is 2.11. The molecule has 1 heterocycles. The molecule has 0 unspecified atom stereocenters. The molecule has 7 heteroatoms. The van der Waals surface area contributed by atoms with Gasteiger partial charge in [-0.1, -0.05) is 5.92 Å². The number of pyridine rings is 1. The minimum absolute atomic E-state index is 0.150. The van der Waals surface area contributed by atoms with Crippen LogP contribution in [0.15, 0.2) is 17.1 Å². The Morgan fingerprint density at radius 2 is 2.31 bits per heavy atom. The molecule has 0 amide bonds. The van der Waals surface area contributed by atoms with Crippen molar-refractivity contribution >= 4 is 11.7 Å². The van der Waals surface area contributed by atoms with Crippen LogP contribution in [0.4, 0.5) is 5.69 Å². The van der Waals surface area contributed by atoms with Crippen molar-refractivity contribution in [2.75, 3.05) is 7.11 Å². The molecular weight excluding hydrogens is 216 g/mol. The summed E-state index contributed by atoms with van der Waals surface area (Å²) < 4.78 is 4.25. The van der Waals surface area contributed by atoms with Gasteiger partial charge in [-0.05, 0) is 0 Å². The SMILES string of the molecule is COC(=O)C#Cc1c[nH]c(=O)c([N+](=O)[O-])c1. The lowest BCUT2D eigenvalue weighted by Gasteiger charge is -1.91. The lowest BCUT2D eigenvalue weighted by atomic mass is 10.2. The normalized spacial score (nSPS) is 8.81. The number of methoxy groups -OCH3 is 1. The summed E-state index contributed by atoms with van der Waals surface area (Å²) in [4.78, 5) is 33.4. The molecule has 1 rings (SSSR count). The minimum atomic E-state index is -0.831. The van der Waals surface area contributed by atoms with Crippen molar-refractivity contribution in [2.24, 2.45) is 0 Å². The maximum atomic E-state index is 11.0. The van der Waals surface area contributed by atoms with Crippen LogP contribution in [0.25, 0.3) is 0 Å². The van der Waals surface area contributed by atoms with E-state index in [0.717, 1.165) is 13.2 Å². The van der Waals surface area contributed by atoms with Crippen molar-refractivity contribution in [3.8, 4) is 11.8 Å². The standard InChI is InChI=1S/C9H6N2O5/c1-16-8(12)3-2-6-4-7(11(14)15)9(13)10-5-6/h4-5H,1H3,(H,10,13). The van der Waals surface area contributed by atoms with Crippen molar-refractivity contribution in [2.45, 2.75) is 0 Å². The maximum absolute atomic E-state index is 11.0. The first-order valence-corrected chi connectivity index (χ1v) is 4.01. The summed E-state index contributed by atoms with van der Waals surface area (Å²) in [5.74, 6) is 3.63. The third kappa shape index (κ3) is 2.68. The first-order valence-electron chi connectivity index (χ1n) is 4.01. The molecule has 0 saturated carbocycles. The van der Waals surface area contributed by atoms with E-state index in [9.17, 15) is 19.7 Å². The van der Waals surface area contributed by atoms with E-state index in [1.54, 1.807) is 0 Å². The van der Waals surface area contributed by atoms with E-state index in [4.69, 9.17) is 0 Å². The number of carbonyl (C=O) groups is 1. The van der Waals surface area contributed by atoms with Crippen LogP contribution < -0.4 is 5.56 Å². The summed E-state index contributed by atoms with van der Waals surface area (Å²) in [7, 11) is 1.16. The fourth-order valence-corrected chi connectivity index (χ4v) is 0.854. The van der Waals surface area contributed by atoms with Gasteiger partial charge >= 0.3 is 17.2 Å². The van der Waals surface area contributed by atoms with Crippen molar-refractivity contribution in [1.29, 1.82) is 0 Å². The average molecular weight is 222 g/mol. The molecule has 0 atom stereocenters. The molecule has 0 saturated heterocycles. The van der Waals surface area contributed by atoms with E-state index >= 15 is 0 Å². The average Bonchev–Trinajstić information content (AvgIpc) is 2.27. The Hall–Kier alpha value is -2.62. The molecule has 1 aromatic heterocycles. The van der Waals surface area contributed by atoms with Crippen LogP contribution in [0.3, 0.4) is 0 Å². The lowest BCUT2D eigenvalue weighted by molar-refractivity contribution is -0.386. The Bertz CT molecular complexity index is 549. The Balaban J connectivity index is 3.12. The van der Waals surface area contributed by atoms with Crippen LogP contribution in [-0.4, -0.2) is 23.0 Å². The molecule has 0 aliphatic carbocycles. The second-order valence-electron chi connectivity index (χ2n) is 2.60. The van der Waals surface area contributed by atoms with Gasteiger partial charge in [-0.3, -0.25) is 14.9 Å². The molecule has 0 fully saturated rings. The zero-order valence-corrected chi connectivity index (χ0v) is 8.14. The van der Waals surface area contributed by atoms with Crippen LogP contribution in [0.5, 0.6) is 0 Å². The third-order valence-electron chi connectivity index (χ3n) is 1.57. The van der Waals surface area contributed by atoms with Crippen LogP contribution >= 0.6 is 0 Å². The van der Waals surface area contributed by atoms with Gasteiger partial charge in [0.1, 0.15) is 0 Å². The predicted molar refractivity (Wildman–Crippen MR) is 52.6 cm³/mol. The quantitative estimate of drug-likeness (QED) is 0.307. The predicted octanol–water partition coefficient (Wildman–Crippen LogP) is -0.192. The van der Waals surface area contributed by atoms with E-state index in [2.05, 4.69) is 21.6 Å². The number of hydrogen-bond donors (Lipinski definition) is 1. The number of carbonyl (C=O) groups excluding carboxylic acids is 1. The van der Waals surface area contributed by atoms with E-state index < -0.39 is 22.1 Å². The number of aromatic nitrogens is 1. The van der Waals surface area contributed by atoms with E-state index in [1.807, 2.05) is 0 Å². The van der Waals surface area contributed by atoms with Crippen molar-refractivity contribution < 1.29 is 14.5 Å². The van der Waals surface area contributed by atoms with E-state index in [-0.39, 0.29) is 5.56 Å². The first kappa shape index (κ1) is 11.5. The molecular formula is C9H6N2O5. The monoisotopic (exact) mass is 222 g/mol. The topological polar surface area (TPSA) is 102 Å². The molecule has 1 N–H and O–H groups in total. The highest BCUT2D eigenvalue weighted by molar-refractivity contribution is 5.89. The molecule has 0 bridgehead atoms. The number of nitrogens with one attached hydrogen (secondary N) is 1. The molecule has 0 spiro atoms. The van der Waals surface area contributed by atoms with Gasteiger partial charge < -0.3 is 9.72 Å². The molecule has 1 aromatic rings. The van der Waals surface area contributed by atoms with Crippen molar-refractivity contribution in [3.63, 3.8) is 0 Å². The van der Waals surface area contributed by atoms with Gasteiger partial charge in [0.2, 0.25) is 0 Å². The van der Waals surface area contributed by atoms with Crippen molar-refractivity contribution in [1.82, 2.24) is 4.98 Å². The number of esters is 1. The lowest BCUT2D eigenvalue weighted by Crippen LogP contribution is -2.10. The zero-order valence-electron chi connectivity index (χ0n) is 8.14. The maximum Gasteiger partial charge on any atom is 0.384 e. The summed E-state index contributed by atoms with van der Waals surface area (Å²) in [6.07, 6.45) is 1.17. The molecule has 82 valence electrons. The second-order valence-corrected chi connectivity index (χ2v) is 2.60. The van der Waals surface area contributed by atoms with E-state index in [0.29, 0.717) is 0 Å². The molecule has 7 nitrogen and oxygen atoms in total. The number of aromatic amines is 1. The highest BCUT2D eigenvalue weighted by atomic mass is 16.6. The summed E-state index contributed by atoms with van der Waals surface area (Å²) in [5.41, 5.74) is -1.30. The summed E-state index contributed by atoms with van der Waals surface area (Å²) in [6.45, 7) is 0. The van der Waals surface area contributed by atoms with Gasteiger partial charge in [-0.15, -0.1) is 0 Å². The number of H-pyrrole nitrogens is 1. The molecule has 16 heavy (non-hydrogen) atoms. The van der Waals surface area contributed by atoms with Crippen LogP contribution in [0.1, 0.15) is 5.56 Å². The third-order valence-corrected chi connectivity index (χ3v) is 1.57. The van der Waals surface area contributed by atoms with Gasteiger partial charge in [-0.2, -0.15) is 0 Å². The Labute approximate surface area is 89.2 Å². The number of ether oxygens (including phenoxy) is 1. The Morgan fingerprint density at radius 3 is 2.88 bits per heavy atom. The van der Waals surface area contributed by atoms with Crippen LogP contribution in [-0.2, 0) is 9.53 Å². The number of nitro groups is 1. The number of rotatable bonds is 1. The Morgan fingerprint density at radius 1 is 1.62 bits per heavy atom. The first-order chi connectivity index (χ1) is 7.54. The smallest absolute Gasteiger partial charge is 0.384 e.